The Hall–Kier alpha value is -2.91. The van der Waals surface area contributed by atoms with E-state index in [0.717, 1.165) is 5.56 Å². The van der Waals surface area contributed by atoms with Gasteiger partial charge in [0.15, 0.2) is 6.10 Å². The Morgan fingerprint density at radius 2 is 1.76 bits per heavy atom. The fourth-order valence-electron chi connectivity index (χ4n) is 2.48. The Balaban J connectivity index is 2.05. The lowest BCUT2D eigenvalue weighted by Crippen LogP contribution is -2.30. The molecule has 1 atom stereocenters. The first-order chi connectivity index (χ1) is 13.7. The summed E-state index contributed by atoms with van der Waals surface area (Å²) in [4.78, 5) is 24.7. The normalized spacial score (nSPS) is 12.1. The summed E-state index contributed by atoms with van der Waals surface area (Å²) in [5.74, 6) is -0.773. The monoisotopic (exact) mass is 420 g/mol. The average Bonchev–Trinajstić information content (AvgIpc) is 2.68. The number of nitrogens with one attached hydrogen (secondary N) is 2. The topological polar surface area (TPSA) is 111 Å². The molecule has 8 nitrogen and oxygen atoms in total. The molecule has 29 heavy (non-hydrogen) atoms. The minimum atomic E-state index is -3.61. The van der Waals surface area contributed by atoms with Crippen molar-refractivity contribution < 1.29 is 27.5 Å². The van der Waals surface area contributed by atoms with Crippen molar-refractivity contribution in [1.29, 1.82) is 0 Å². The molecule has 2 N–H and O–H groups in total. The van der Waals surface area contributed by atoms with Gasteiger partial charge in [-0.15, -0.1) is 0 Å². The van der Waals surface area contributed by atoms with E-state index in [4.69, 9.17) is 9.47 Å². The maximum absolute atomic E-state index is 12.4. The van der Waals surface area contributed by atoms with E-state index in [0.29, 0.717) is 11.4 Å². The molecule has 156 valence electrons. The second-order valence-corrected chi connectivity index (χ2v) is 8.03. The van der Waals surface area contributed by atoms with Crippen LogP contribution in [0.15, 0.2) is 47.4 Å². The van der Waals surface area contributed by atoms with Crippen molar-refractivity contribution in [3.8, 4) is 5.75 Å². The molecular formula is C20H24N2O6S. The number of hydrogen-bond acceptors (Lipinski definition) is 6. The number of esters is 1. The van der Waals surface area contributed by atoms with Crippen LogP contribution in [-0.4, -0.2) is 40.1 Å². The molecule has 0 heterocycles. The number of benzene rings is 2. The van der Waals surface area contributed by atoms with Crippen LogP contribution in [-0.2, 0) is 19.6 Å². The summed E-state index contributed by atoms with van der Waals surface area (Å²) in [7, 11) is -2.12. The van der Waals surface area contributed by atoms with Gasteiger partial charge in [-0.3, -0.25) is 4.79 Å². The molecule has 0 aliphatic rings. The number of amides is 1. The fourth-order valence-corrected chi connectivity index (χ4v) is 3.52. The van der Waals surface area contributed by atoms with Gasteiger partial charge in [-0.05, 0) is 55.8 Å². The van der Waals surface area contributed by atoms with Crippen molar-refractivity contribution in [3.05, 3.63) is 53.6 Å². The average molecular weight is 420 g/mol. The molecule has 0 aliphatic carbocycles. The summed E-state index contributed by atoms with van der Waals surface area (Å²) < 4.78 is 36.6. The summed E-state index contributed by atoms with van der Waals surface area (Å²) in [6, 6.07) is 10.6. The Bertz CT molecular complexity index is 987. The van der Waals surface area contributed by atoms with Crippen LogP contribution in [0, 0.1) is 6.92 Å². The number of hydrogen-bond donors (Lipinski definition) is 2. The van der Waals surface area contributed by atoms with Gasteiger partial charge in [-0.25, -0.2) is 17.9 Å². The molecule has 0 bridgehead atoms. The Kier molecular flexibility index (Phi) is 7.35. The molecule has 2 aromatic carbocycles. The highest BCUT2D eigenvalue weighted by atomic mass is 32.2. The fraction of sp³-hybridized carbons (Fsp3) is 0.300. The van der Waals surface area contributed by atoms with Crippen molar-refractivity contribution in [3.63, 3.8) is 0 Å². The highest BCUT2D eigenvalue weighted by molar-refractivity contribution is 7.89. The highest BCUT2D eigenvalue weighted by Crippen LogP contribution is 2.25. The van der Waals surface area contributed by atoms with Gasteiger partial charge < -0.3 is 14.8 Å². The highest BCUT2D eigenvalue weighted by Gasteiger charge is 2.21. The minimum Gasteiger partial charge on any atom is -0.495 e. The molecule has 0 aliphatic heterocycles. The van der Waals surface area contributed by atoms with Crippen LogP contribution in [0.1, 0.15) is 29.8 Å². The van der Waals surface area contributed by atoms with E-state index >= 15 is 0 Å². The van der Waals surface area contributed by atoms with E-state index in [-0.39, 0.29) is 17.0 Å². The predicted octanol–water partition coefficient (Wildman–Crippen LogP) is 2.49. The standard InChI is InChI=1S/C20H24N2O6S/c1-5-21-29(25,26)16-9-7-15(8-10-16)20(24)28-14(3)19(23)22-17-12-13(2)6-11-18(17)27-4/h6-12,14,21H,5H2,1-4H3,(H,22,23)/t14-/m0/s1. The molecular weight excluding hydrogens is 396 g/mol. The van der Waals surface area contributed by atoms with E-state index in [1.54, 1.807) is 19.1 Å². The Labute approximate surface area is 170 Å². The Morgan fingerprint density at radius 1 is 1.10 bits per heavy atom. The van der Waals surface area contributed by atoms with Crippen LogP contribution < -0.4 is 14.8 Å². The molecule has 0 unspecified atom stereocenters. The lowest BCUT2D eigenvalue weighted by Gasteiger charge is -2.16. The van der Waals surface area contributed by atoms with Crippen LogP contribution in [0.4, 0.5) is 5.69 Å². The van der Waals surface area contributed by atoms with Gasteiger partial charge in [0.25, 0.3) is 5.91 Å². The van der Waals surface area contributed by atoms with E-state index < -0.39 is 28.0 Å². The van der Waals surface area contributed by atoms with Crippen LogP contribution in [0.3, 0.4) is 0 Å². The molecule has 2 rings (SSSR count). The summed E-state index contributed by atoms with van der Waals surface area (Å²) >= 11 is 0. The number of ether oxygens (including phenoxy) is 2. The quantitative estimate of drug-likeness (QED) is 0.635. The Morgan fingerprint density at radius 3 is 2.34 bits per heavy atom. The number of sulfonamides is 1. The number of rotatable bonds is 8. The van der Waals surface area contributed by atoms with E-state index in [9.17, 15) is 18.0 Å². The molecule has 0 spiro atoms. The van der Waals surface area contributed by atoms with Crippen LogP contribution in [0.25, 0.3) is 0 Å². The van der Waals surface area contributed by atoms with Crippen molar-refractivity contribution >= 4 is 27.6 Å². The van der Waals surface area contributed by atoms with Crippen LogP contribution >= 0.6 is 0 Å². The second kappa shape index (κ2) is 9.53. The zero-order valence-corrected chi connectivity index (χ0v) is 17.5. The third-order valence-electron chi connectivity index (χ3n) is 4.00. The number of carbonyl (C=O) groups excluding carboxylic acids is 2. The third kappa shape index (κ3) is 5.78. The first kappa shape index (κ1) is 22.4. The lowest BCUT2D eigenvalue weighted by molar-refractivity contribution is -0.123. The largest absolute Gasteiger partial charge is 0.495 e. The van der Waals surface area contributed by atoms with E-state index in [1.165, 1.54) is 38.3 Å². The first-order valence-electron chi connectivity index (χ1n) is 8.94. The van der Waals surface area contributed by atoms with Crippen molar-refractivity contribution in [2.24, 2.45) is 0 Å². The molecule has 0 fully saturated rings. The molecule has 2 aromatic rings. The van der Waals surface area contributed by atoms with E-state index in [2.05, 4.69) is 10.0 Å². The summed E-state index contributed by atoms with van der Waals surface area (Å²) in [5, 5.41) is 2.67. The maximum atomic E-state index is 12.4. The summed E-state index contributed by atoms with van der Waals surface area (Å²) in [6.07, 6.45) is -1.07. The molecule has 0 saturated heterocycles. The van der Waals surface area contributed by atoms with Crippen LogP contribution in [0.5, 0.6) is 5.75 Å². The lowest BCUT2D eigenvalue weighted by atomic mass is 10.2. The minimum absolute atomic E-state index is 0.0354. The predicted molar refractivity (Wildman–Crippen MR) is 109 cm³/mol. The van der Waals surface area contributed by atoms with Gasteiger partial charge in [0.2, 0.25) is 10.0 Å². The summed E-state index contributed by atoms with van der Waals surface area (Å²) in [5.41, 5.74) is 1.53. The number of carbonyl (C=O) groups is 2. The van der Waals surface area contributed by atoms with Crippen molar-refractivity contribution in [1.82, 2.24) is 4.72 Å². The number of methoxy groups -OCH3 is 1. The van der Waals surface area contributed by atoms with Gasteiger partial charge in [0.05, 0.1) is 23.3 Å². The van der Waals surface area contributed by atoms with Gasteiger partial charge in [0.1, 0.15) is 5.75 Å². The van der Waals surface area contributed by atoms with Crippen LogP contribution in [0.2, 0.25) is 0 Å². The number of anilines is 1. The zero-order valence-electron chi connectivity index (χ0n) is 16.7. The summed E-state index contributed by atoms with van der Waals surface area (Å²) in [6.45, 7) is 5.24. The molecule has 1 amide bonds. The molecule has 0 aromatic heterocycles. The van der Waals surface area contributed by atoms with Gasteiger partial charge >= 0.3 is 5.97 Å². The SMILES string of the molecule is CCNS(=O)(=O)c1ccc(C(=O)O[C@@H](C)C(=O)Nc2cc(C)ccc2OC)cc1. The first-order valence-corrected chi connectivity index (χ1v) is 10.4. The number of aryl methyl sites for hydroxylation is 1. The zero-order chi connectivity index (χ0) is 21.6. The van der Waals surface area contributed by atoms with Crippen molar-refractivity contribution in [2.45, 2.75) is 31.8 Å². The smallest absolute Gasteiger partial charge is 0.338 e. The molecule has 0 radical (unpaired) electrons. The molecule has 0 saturated carbocycles. The third-order valence-corrected chi connectivity index (χ3v) is 5.56. The maximum Gasteiger partial charge on any atom is 0.338 e. The van der Waals surface area contributed by atoms with E-state index in [1.807, 2.05) is 13.0 Å². The van der Waals surface area contributed by atoms with Gasteiger partial charge in [-0.2, -0.15) is 0 Å². The van der Waals surface area contributed by atoms with Gasteiger partial charge in [-0.1, -0.05) is 13.0 Å². The van der Waals surface area contributed by atoms with Gasteiger partial charge in [0, 0.05) is 6.54 Å². The second-order valence-electron chi connectivity index (χ2n) is 6.27. The molecule has 9 heteroatoms. The van der Waals surface area contributed by atoms with Crippen molar-refractivity contribution in [2.75, 3.05) is 19.0 Å².